The van der Waals surface area contributed by atoms with Crippen LogP contribution in [0.1, 0.15) is 75.4 Å². The van der Waals surface area contributed by atoms with Gasteiger partial charge in [-0.1, -0.05) is 32.1 Å². The second-order valence-electron chi connectivity index (χ2n) is 7.94. The van der Waals surface area contributed by atoms with E-state index in [2.05, 4.69) is 22.1 Å². The van der Waals surface area contributed by atoms with E-state index in [0.717, 1.165) is 47.8 Å². The smallest absolute Gasteiger partial charge is 0.146 e. The summed E-state index contributed by atoms with van der Waals surface area (Å²) in [6, 6.07) is 8.23. The number of nitrogens with one attached hydrogen (secondary N) is 2. The van der Waals surface area contributed by atoms with E-state index in [1.54, 1.807) is 14.0 Å². The maximum atomic E-state index is 10.9. The van der Waals surface area contributed by atoms with E-state index < -0.39 is 0 Å². The first-order valence-electron chi connectivity index (χ1n) is 11.0. The van der Waals surface area contributed by atoms with E-state index in [4.69, 9.17) is 9.73 Å². The fourth-order valence-corrected chi connectivity index (χ4v) is 3.72. The van der Waals surface area contributed by atoms with Crippen molar-refractivity contribution in [1.29, 1.82) is 0 Å². The van der Waals surface area contributed by atoms with Crippen molar-refractivity contribution in [3.8, 4) is 0 Å². The van der Waals surface area contributed by atoms with Crippen LogP contribution in [0, 0.1) is 0 Å². The first-order valence-corrected chi connectivity index (χ1v) is 11.0. The topological polar surface area (TPSA) is 70.2 Å². The van der Waals surface area contributed by atoms with Crippen LogP contribution in [-0.4, -0.2) is 28.6 Å². The zero-order valence-corrected chi connectivity index (χ0v) is 18.2. The van der Waals surface area contributed by atoms with E-state index in [9.17, 15) is 4.79 Å². The summed E-state index contributed by atoms with van der Waals surface area (Å²) in [5.41, 5.74) is 5.01. The van der Waals surface area contributed by atoms with Crippen LogP contribution in [0.25, 0.3) is 6.08 Å². The number of aliphatic imine (C=N–C) groups is 1. The van der Waals surface area contributed by atoms with E-state index >= 15 is 0 Å². The number of aromatic amines is 2. The van der Waals surface area contributed by atoms with Gasteiger partial charge in [0.15, 0.2) is 0 Å². The second-order valence-corrected chi connectivity index (χ2v) is 7.94. The van der Waals surface area contributed by atoms with Crippen LogP contribution in [0.4, 0.5) is 0 Å². The normalized spacial score (nSPS) is 14.8. The minimum Gasteiger partial charge on any atom is -0.494 e. The second kappa shape index (κ2) is 11.4. The van der Waals surface area contributed by atoms with Gasteiger partial charge in [-0.2, -0.15) is 0 Å². The van der Waals surface area contributed by atoms with Crippen LogP contribution in [0.3, 0.4) is 0 Å². The molecule has 0 amide bonds. The highest BCUT2D eigenvalue weighted by atomic mass is 16.5. The number of nitrogens with zero attached hydrogens (tertiary/aromatic N) is 1. The van der Waals surface area contributed by atoms with Gasteiger partial charge in [-0.05, 0) is 56.5 Å². The van der Waals surface area contributed by atoms with Gasteiger partial charge < -0.3 is 19.5 Å². The summed E-state index contributed by atoms with van der Waals surface area (Å²) in [6.45, 7) is 1.68. The molecule has 30 heavy (non-hydrogen) atoms. The standard InChI is InChI=1S/C25H33N3O2/c1-19(29)11-8-6-4-3-5-7-9-12-20-14-15-21(27-20)17-24-25(30-2)18-23(28-24)22-13-10-16-26-22/h10,13-18,26-27H,3-9,11-12H2,1-2H3. The van der Waals surface area contributed by atoms with Gasteiger partial charge in [-0.3, -0.25) is 0 Å². The number of H-pyrrole nitrogens is 2. The van der Waals surface area contributed by atoms with Gasteiger partial charge in [0.2, 0.25) is 0 Å². The summed E-state index contributed by atoms with van der Waals surface area (Å²) in [6.07, 6.45) is 16.2. The van der Waals surface area contributed by atoms with Crippen molar-refractivity contribution in [3.05, 3.63) is 65.1 Å². The van der Waals surface area contributed by atoms with Crippen LogP contribution < -0.4 is 0 Å². The molecule has 0 radical (unpaired) electrons. The number of aryl methyl sites for hydroxylation is 1. The van der Waals surface area contributed by atoms with Crippen molar-refractivity contribution in [2.24, 2.45) is 4.99 Å². The molecule has 160 valence electrons. The molecule has 0 aromatic carbocycles. The summed E-state index contributed by atoms with van der Waals surface area (Å²) in [7, 11) is 1.68. The van der Waals surface area contributed by atoms with Crippen molar-refractivity contribution in [3.63, 3.8) is 0 Å². The minimum atomic E-state index is 0.311. The molecule has 0 aliphatic carbocycles. The Morgan fingerprint density at radius 3 is 2.53 bits per heavy atom. The zero-order chi connectivity index (χ0) is 21.2. The highest BCUT2D eigenvalue weighted by molar-refractivity contribution is 6.11. The fraction of sp³-hybridized carbons (Fsp3) is 0.440. The number of carbonyl (C=O) groups excluding carboxylic acids is 1. The number of ether oxygens (including phenoxy) is 1. The Hall–Kier alpha value is -2.82. The number of unbranched alkanes of at least 4 members (excludes halogenated alkanes) is 6. The molecule has 0 atom stereocenters. The number of Topliss-reactive ketones (excluding diaryl/α,β-unsaturated/α-hetero) is 1. The number of rotatable bonds is 13. The molecule has 0 unspecified atom stereocenters. The van der Waals surface area contributed by atoms with Crippen molar-refractivity contribution in [2.75, 3.05) is 7.11 Å². The number of carbonyl (C=O) groups is 1. The maximum Gasteiger partial charge on any atom is 0.146 e. The number of methoxy groups -OCH3 is 1. The van der Waals surface area contributed by atoms with Crippen LogP contribution in [0.5, 0.6) is 0 Å². The maximum absolute atomic E-state index is 10.9. The lowest BCUT2D eigenvalue weighted by Crippen LogP contribution is -1.93. The molecule has 5 nitrogen and oxygen atoms in total. The average molecular weight is 408 g/mol. The molecule has 0 spiro atoms. The van der Waals surface area contributed by atoms with Gasteiger partial charge in [0.05, 0.1) is 18.5 Å². The molecule has 0 saturated carbocycles. The van der Waals surface area contributed by atoms with Gasteiger partial charge in [0.1, 0.15) is 17.2 Å². The molecule has 1 aliphatic rings. The molecular formula is C25H33N3O2. The molecule has 2 N–H and O–H groups in total. The number of allylic oxidation sites excluding steroid dienone is 1. The van der Waals surface area contributed by atoms with E-state index in [-0.39, 0.29) is 0 Å². The molecule has 3 heterocycles. The van der Waals surface area contributed by atoms with Gasteiger partial charge in [0, 0.05) is 30.1 Å². The van der Waals surface area contributed by atoms with Gasteiger partial charge in [-0.25, -0.2) is 4.99 Å². The van der Waals surface area contributed by atoms with Crippen LogP contribution >= 0.6 is 0 Å². The number of aromatic nitrogens is 2. The van der Waals surface area contributed by atoms with Gasteiger partial charge in [-0.15, -0.1) is 0 Å². The minimum absolute atomic E-state index is 0.311. The fourth-order valence-electron chi connectivity index (χ4n) is 3.72. The Bertz CT molecular complexity index is 901. The molecule has 1 aliphatic heterocycles. The monoisotopic (exact) mass is 407 g/mol. The van der Waals surface area contributed by atoms with E-state index in [1.165, 1.54) is 44.2 Å². The van der Waals surface area contributed by atoms with Gasteiger partial charge in [0.25, 0.3) is 0 Å². The molecule has 3 rings (SSSR count). The summed E-state index contributed by atoms with van der Waals surface area (Å²) in [5, 5.41) is 0. The molecule has 2 aromatic rings. The molecule has 0 saturated heterocycles. The lowest BCUT2D eigenvalue weighted by atomic mass is 10.1. The predicted octanol–water partition coefficient (Wildman–Crippen LogP) is 5.97. The molecule has 0 bridgehead atoms. The lowest BCUT2D eigenvalue weighted by Gasteiger charge is -2.02. The quantitative estimate of drug-likeness (QED) is 0.402. The van der Waals surface area contributed by atoms with Crippen molar-refractivity contribution < 1.29 is 9.53 Å². The van der Waals surface area contributed by atoms with Gasteiger partial charge >= 0.3 is 0 Å². The number of ketones is 1. The Morgan fingerprint density at radius 1 is 1.07 bits per heavy atom. The van der Waals surface area contributed by atoms with Crippen molar-refractivity contribution in [2.45, 2.75) is 64.7 Å². The number of hydrogen-bond acceptors (Lipinski definition) is 3. The molecule has 0 fully saturated rings. The first kappa shape index (κ1) is 21.9. The largest absolute Gasteiger partial charge is 0.494 e. The number of hydrogen-bond donors (Lipinski definition) is 2. The average Bonchev–Trinajstić information content (AvgIpc) is 3.47. The van der Waals surface area contributed by atoms with E-state index in [0.29, 0.717) is 5.78 Å². The summed E-state index contributed by atoms with van der Waals surface area (Å²) in [5.74, 6) is 1.09. The Balaban J connectivity index is 1.42. The third kappa shape index (κ3) is 6.61. The van der Waals surface area contributed by atoms with Crippen molar-refractivity contribution >= 4 is 17.6 Å². The van der Waals surface area contributed by atoms with E-state index in [1.807, 2.05) is 30.5 Å². The third-order valence-corrected chi connectivity index (χ3v) is 5.39. The first-order chi connectivity index (χ1) is 14.7. The molecule has 5 heteroatoms. The zero-order valence-electron chi connectivity index (χ0n) is 18.2. The highest BCUT2D eigenvalue weighted by Gasteiger charge is 2.17. The summed E-state index contributed by atoms with van der Waals surface area (Å²) in [4.78, 5) is 22.3. The third-order valence-electron chi connectivity index (χ3n) is 5.39. The Kier molecular flexibility index (Phi) is 8.30. The molecule has 2 aromatic heterocycles. The molecular weight excluding hydrogens is 374 g/mol. The highest BCUT2D eigenvalue weighted by Crippen LogP contribution is 2.24. The van der Waals surface area contributed by atoms with Crippen molar-refractivity contribution in [1.82, 2.24) is 9.97 Å². The lowest BCUT2D eigenvalue weighted by molar-refractivity contribution is -0.117. The van der Waals surface area contributed by atoms with Crippen LogP contribution in [0.15, 0.2) is 53.0 Å². The summed E-state index contributed by atoms with van der Waals surface area (Å²) < 4.78 is 5.50. The Labute approximate surface area is 179 Å². The summed E-state index contributed by atoms with van der Waals surface area (Å²) >= 11 is 0. The predicted molar refractivity (Wildman–Crippen MR) is 123 cm³/mol. The van der Waals surface area contributed by atoms with Crippen LogP contribution in [0.2, 0.25) is 0 Å². The SMILES string of the molecule is COC1=CC(c2ccc[nH]2)=NC1=Cc1ccc(CCCCCCCCCC(C)=O)[nH]1. The Morgan fingerprint density at radius 2 is 1.83 bits per heavy atom. The van der Waals surface area contributed by atoms with Crippen LogP contribution in [-0.2, 0) is 16.0 Å².